The van der Waals surface area contributed by atoms with Crippen molar-refractivity contribution >= 4 is 8.80 Å². The van der Waals surface area contributed by atoms with Crippen molar-refractivity contribution in [1.29, 1.82) is 0 Å². The maximum Gasteiger partial charge on any atom is 0.0473 e. The Morgan fingerprint density at radius 2 is 1.44 bits per heavy atom. The van der Waals surface area contributed by atoms with E-state index >= 15 is 0 Å². The van der Waals surface area contributed by atoms with Crippen molar-refractivity contribution in [1.82, 2.24) is 0 Å². The molecule has 0 heterocycles. The Balaban J connectivity index is 0. The SMILES string of the molecule is CCC[Si](CC)CC.[Tm]. The first-order chi connectivity index (χ1) is 3.85. The molecule has 0 aromatic heterocycles. The van der Waals surface area contributed by atoms with Gasteiger partial charge in [-0.25, -0.2) is 0 Å². The van der Waals surface area contributed by atoms with E-state index in [4.69, 9.17) is 0 Å². The molecule has 0 aliphatic rings. The Bertz CT molecular complexity index is 44.2. The van der Waals surface area contributed by atoms with E-state index in [0.29, 0.717) is 0 Å². The van der Waals surface area contributed by atoms with E-state index < -0.39 is 0 Å². The Labute approximate surface area is 90.2 Å². The summed E-state index contributed by atoms with van der Waals surface area (Å²) < 4.78 is 0. The summed E-state index contributed by atoms with van der Waals surface area (Å²) in [6.45, 7) is 6.94. The molecule has 0 aliphatic heterocycles. The third kappa shape index (κ3) is 7.35. The third-order valence-electron chi connectivity index (χ3n) is 1.60. The second kappa shape index (κ2) is 9.45. The van der Waals surface area contributed by atoms with E-state index in [1.807, 2.05) is 0 Å². The summed E-state index contributed by atoms with van der Waals surface area (Å²) in [6, 6.07) is 4.46. The van der Waals surface area contributed by atoms with E-state index in [2.05, 4.69) is 20.8 Å². The summed E-state index contributed by atoms with van der Waals surface area (Å²) in [7, 11) is 0.126. The zero-order chi connectivity index (χ0) is 6.41. The van der Waals surface area contributed by atoms with Crippen molar-refractivity contribution in [3.05, 3.63) is 0 Å². The van der Waals surface area contributed by atoms with Crippen molar-refractivity contribution in [3.8, 4) is 0 Å². The fourth-order valence-corrected chi connectivity index (χ4v) is 2.87. The quantitative estimate of drug-likeness (QED) is 0.700. The zero-order valence-corrected chi connectivity index (χ0v) is 9.39. The van der Waals surface area contributed by atoms with Crippen LogP contribution in [0.1, 0.15) is 27.2 Å². The summed E-state index contributed by atoms with van der Waals surface area (Å²) in [4.78, 5) is 0. The van der Waals surface area contributed by atoms with Crippen LogP contribution >= 0.6 is 0 Å². The van der Waals surface area contributed by atoms with Crippen LogP contribution in [0.25, 0.3) is 0 Å². The summed E-state index contributed by atoms with van der Waals surface area (Å²) in [6.07, 6.45) is 1.40. The molecule has 0 aromatic rings. The molecule has 0 saturated carbocycles. The van der Waals surface area contributed by atoms with Gasteiger partial charge >= 0.3 is 0 Å². The van der Waals surface area contributed by atoms with Gasteiger partial charge in [0.2, 0.25) is 0 Å². The number of hydrogen-bond donors (Lipinski definition) is 0. The molecule has 0 atom stereocenters. The Morgan fingerprint density at radius 3 is 1.56 bits per heavy atom. The van der Waals surface area contributed by atoms with E-state index in [1.54, 1.807) is 0 Å². The van der Waals surface area contributed by atoms with Crippen LogP contribution in [0.15, 0.2) is 0 Å². The van der Waals surface area contributed by atoms with Gasteiger partial charge in [0.25, 0.3) is 0 Å². The van der Waals surface area contributed by atoms with E-state index in [0.717, 1.165) is 0 Å². The smallest absolute Gasteiger partial charge is 0.0473 e. The molecule has 0 fully saturated rings. The van der Waals surface area contributed by atoms with Crippen LogP contribution < -0.4 is 0 Å². The molecular formula is C7H17SiTm. The molecule has 2 heteroatoms. The van der Waals surface area contributed by atoms with Crippen molar-refractivity contribution in [2.45, 2.75) is 45.3 Å². The van der Waals surface area contributed by atoms with Gasteiger partial charge in [0.05, 0.1) is 0 Å². The van der Waals surface area contributed by atoms with Crippen LogP contribution in [-0.4, -0.2) is 8.80 Å². The van der Waals surface area contributed by atoms with Gasteiger partial charge in [0.1, 0.15) is 0 Å². The summed E-state index contributed by atoms with van der Waals surface area (Å²) in [5.74, 6) is 0. The molecule has 0 saturated heterocycles. The topological polar surface area (TPSA) is 0 Å². The number of rotatable bonds is 4. The Morgan fingerprint density at radius 1 is 1.00 bits per heavy atom. The van der Waals surface area contributed by atoms with Gasteiger partial charge in [-0.2, -0.15) is 0 Å². The molecule has 2 radical (unpaired) electrons. The fraction of sp³-hybridized carbons (Fsp3) is 1.00. The summed E-state index contributed by atoms with van der Waals surface area (Å²) >= 11 is 0. The van der Waals surface area contributed by atoms with Gasteiger partial charge in [-0.3, -0.25) is 0 Å². The molecule has 0 spiro atoms. The van der Waals surface area contributed by atoms with Gasteiger partial charge in [-0.15, -0.1) is 0 Å². The second-order valence-electron chi connectivity index (χ2n) is 2.21. The minimum absolute atomic E-state index is 0. The van der Waals surface area contributed by atoms with E-state index in [-0.39, 0.29) is 45.7 Å². The van der Waals surface area contributed by atoms with E-state index in [1.165, 1.54) is 24.6 Å². The summed E-state index contributed by atoms with van der Waals surface area (Å²) in [5, 5.41) is 0. The minimum atomic E-state index is 0. The molecule has 0 nitrogen and oxygen atoms in total. The van der Waals surface area contributed by atoms with Crippen LogP contribution in [0.5, 0.6) is 0 Å². The van der Waals surface area contributed by atoms with Gasteiger partial charge < -0.3 is 0 Å². The Hall–Kier alpha value is 1.45. The largest absolute Gasteiger partial charge is 0.0680 e. The normalized spacial score (nSPS) is 9.33. The van der Waals surface area contributed by atoms with Crippen LogP contribution in [0.3, 0.4) is 0 Å². The third-order valence-corrected chi connectivity index (χ3v) is 4.81. The van der Waals surface area contributed by atoms with Gasteiger partial charge in [-0.05, 0) is 0 Å². The second-order valence-corrected chi connectivity index (χ2v) is 5.62. The number of hydrogen-bond acceptors (Lipinski definition) is 0. The molecule has 0 unspecified atom stereocenters. The molecule has 0 aliphatic carbocycles. The van der Waals surface area contributed by atoms with Gasteiger partial charge in [-0.1, -0.05) is 45.3 Å². The average molecular weight is 298 g/mol. The van der Waals surface area contributed by atoms with Crippen LogP contribution in [0.2, 0.25) is 18.1 Å². The zero-order valence-electron chi connectivity index (χ0n) is 6.61. The van der Waals surface area contributed by atoms with Crippen LogP contribution in [0.4, 0.5) is 0 Å². The molecule has 62 valence electrons. The molecule has 0 N–H and O–H groups in total. The van der Waals surface area contributed by atoms with E-state index in [9.17, 15) is 0 Å². The van der Waals surface area contributed by atoms with Crippen molar-refractivity contribution in [2.24, 2.45) is 0 Å². The monoisotopic (exact) mass is 298 g/mol. The standard InChI is InChI=1S/C7H17Si.Tm/c1-4-7-8(5-2)6-3;/h4-7H2,1-3H3;. The first-order valence-corrected chi connectivity index (χ1v) is 5.80. The molecular weight excluding hydrogens is 281 g/mol. The summed E-state index contributed by atoms with van der Waals surface area (Å²) in [5.41, 5.74) is 0. The molecule has 9 heavy (non-hydrogen) atoms. The van der Waals surface area contributed by atoms with Crippen molar-refractivity contribution < 1.29 is 36.9 Å². The molecule has 0 aromatic carbocycles. The predicted octanol–water partition coefficient (Wildman–Crippen LogP) is 2.93. The Kier molecular flexibility index (Phi) is 13.7. The molecule has 0 bridgehead atoms. The van der Waals surface area contributed by atoms with Crippen LogP contribution in [-0.2, 0) is 0 Å². The predicted molar refractivity (Wildman–Crippen MR) is 41.8 cm³/mol. The maximum atomic E-state index is 2.33. The van der Waals surface area contributed by atoms with Crippen LogP contribution in [0, 0.1) is 36.9 Å². The van der Waals surface area contributed by atoms with Crippen molar-refractivity contribution in [2.75, 3.05) is 0 Å². The minimum Gasteiger partial charge on any atom is -0.0680 e. The molecule has 0 rings (SSSR count). The van der Waals surface area contributed by atoms with Gasteiger partial charge in [0, 0.05) is 45.7 Å². The molecule has 0 amide bonds. The maximum absolute atomic E-state index is 2.33. The van der Waals surface area contributed by atoms with Crippen molar-refractivity contribution in [3.63, 3.8) is 0 Å². The first-order valence-electron chi connectivity index (χ1n) is 3.68. The fourth-order valence-electron chi connectivity index (χ4n) is 0.957. The first kappa shape index (κ1) is 13.1. The van der Waals surface area contributed by atoms with Gasteiger partial charge in [0.15, 0.2) is 0 Å². The average Bonchev–Trinajstić information content (AvgIpc) is 1.83.